The summed E-state index contributed by atoms with van der Waals surface area (Å²) in [5, 5.41) is 16.3. The van der Waals surface area contributed by atoms with Crippen molar-refractivity contribution in [2.24, 2.45) is 0 Å². The number of nitrogens with one attached hydrogen (secondary N) is 2. The van der Waals surface area contributed by atoms with Crippen molar-refractivity contribution in [3.05, 3.63) is 59.8 Å². The summed E-state index contributed by atoms with van der Waals surface area (Å²) >= 11 is 1.67. The predicted octanol–water partition coefficient (Wildman–Crippen LogP) is 5.15. The standard InChI is InChI=1S/C23H22N4OS/c1-15-6-11-20-21(12-15)29-23(27-20)16-7-9-18(10-8-16)25-14-17(13-24)22(28)26-19-4-2-3-5-19/h6-12,14,19,25H,2-5H2,1H3,(H,26,28)/b17-14-. The number of aromatic nitrogens is 1. The zero-order valence-corrected chi connectivity index (χ0v) is 17.1. The van der Waals surface area contributed by atoms with Gasteiger partial charge in [-0.25, -0.2) is 4.98 Å². The van der Waals surface area contributed by atoms with Gasteiger partial charge >= 0.3 is 0 Å². The molecule has 1 aliphatic rings. The number of anilines is 1. The van der Waals surface area contributed by atoms with Crippen LogP contribution in [0.15, 0.2) is 54.2 Å². The minimum atomic E-state index is -0.312. The van der Waals surface area contributed by atoms with Gasteiger partial charge in [-0.3, -0.25) is 4.79 Å². The van der Waals surface area contributed by atoms with Crippen molar-refractivity contribution < 1.29 is 4.79 Å². The van der Waals surface area contributed by atoms with Gasteiger partial charge in [-0.15, -0.1) is 11.3 Å². The zero-order valence-electron chi connectivity index (χ0n) is 16.2. The van der Waals surface area contributed by atoms with E-state index in [0.717, 1.165) is 47.5 Å². The van der Waals surface area contributed by atoms with Crippen molar-refractivity contribution >= 4 is 33.1 Å². The second-order valence-electron chi connectivity index (χ2n) is 7.34. The number of fused-ring (bicyclic) bond motifs is 1. The molecule has 3 aromatic rings. The van der Waals surface area contributed by atoms with E-state index in [4.69, 9.17) is 4.98 Å². The van der Waals surface area contributed by atoms with E-state index in [2.05, 4.69) is 29.7 Å². The van der Waals surface area contributed by atoms with Crippen LogP contribution in [0.5, 0.6) is 0 Å². The lowest BCUT2D eigenvalue weighted by molar-refractivity contribution is -0.117. The summed E-state index contributed by atoms with van der Waals surface area (Å²) in [5.41, 5.74) is 4.17. The molecule has 6 heteroatoms. The largest absolute Gasteiger partial charge is 0.360 e. The third-order valence-electron chi connectivity index (χ3n) is 5.11. The molecule has 1 aliphatic carbocycles. The predicted molar refractivity (Wildman–Crippen MR) is 118 cm³/mol. The van der Waals surface area contributed by atoms with E-state index in [1.807, 2.05) is 36.4 Å². The normalized spacial score (nSPS) is 14.7. The van der Waals surface area contributed by atoms with Crippen molar-refractivity contribution in [2.75, 3.05) is 5.32 Å². The Kier molecular flexibility index (Phi) is 5.59. The highest BCUT2D eigenvalue weighted by Gasteiger charge is 2.19. The quantitative estimate of drug-likeness (QED) is 0.457. The molecule has 29 heavy (non-hydrogen) atoms. The first kappa shape index (κ1) is 19.2. The number of hydrogen-bond donors (Lipinski definition) is 2. The maximum atomic E-state index is 12.3. The van der Waals surface area contributed by atoms with Crippen LogP contribution in [-0.2, 0) is 4.79 Å². The van der Waals surface area contributed by atoms with Crippen LogP contribution in [-0.4, -0.2) is 16.9 Å². The average molecular weight is 403 g/mol. The van der Waals surface area contributed by atoms with Crippen molar-refractivity contribution in [1.82, 2.24) is 10.3 Å². The first-order valence-corrected chi connectivity index (χ1v) is 10.6. The number of hydrogen-bond acceptors (Lipinski definition) is 5. The molecule has 2 aromatic carbocycles. The van der Waals surface area contributed by atoms with Crippen molar-refractivity contribution in [1.29, 1.82) is 5.26 Å². The Morgan fingerprint density at radius 3 is 2.69 bits per heavy atom. The van der Waals surface area contributed by atoms with Crippen LogP contribution in [0, 0.1) is 18.3 Å². The number of rotatable bonds is 5. The maximum absolute atomic E-state index is 12.3. The molecule has 0 bridgehead atoms. The fourth-order valence-electron chi connectivity index (χ4n) is 3.50. The number of nitrogens with zero attached hydrogens (tertiary/aromatic N) is 2. The van der Waals surface area contributed by atoms with Gasteiger partial charge < -0.3 is 10.6 Å². The number of nitriles is 1. The van der Waals surface area contributed by atoms with E-state index < -0.39 is 0 Å². The first-order chi connectivity index (χ1) is 14.1. The lowest BCUT2D eigenvalue weighted by Gasteiger charge is -2.11. The van der Waals surface area contributed by atoms with Crippen molar-refractivity contribution in [2.45, 2.75) is 38.6 Å². The second-order valence-corrected chi connectivity index (χ2v) is 8.37. The van der Waals surface area contributed by atoms with E-state index in [9.17, 15) is 10.1 Å². The Balaban J connectivity index is 1.44. The summed E-state index contributed by atoms with van der Waals surface area (Å²) in [6, 6.07) is 16.3. The van der Waals surface area contributed by atoms with Crippen LogP contribution in [0.1, 0.15) is 31.2 Å². The molecule has 1 saturated carbocycles. The van der Waals surface area contributed by atoms with Crippen LogP contribution in [0.3, 0.4) is 0 Å². The van der Waals surface area contributed by atoms with E-state index in [0.29, 0.717) is 0 Å². The topological polar surface area (TPSA) is 77.8 Å². The molecule has 4 rings (SSSR count). The molecule has 0 aliphatic heterocycles. The van der Waals surface area contributed by atoms with Crippen LogP contribution >= 0.6 is 11.3 Å². The third kappa shape index (κ3) is 4.47. The molecular formula is C23H22N4OS. The molecule has 0 radical (unpaired) electrons. The number of carbonyl (C=O) groups excluding carboxylic acids is 1. The molecule has 0 spiro atoms. The number of carbonyl (C=O) groups is 1. The fraction of sp³-hybridized carbons (Fsp3) is 0.261. The molecule has 0 unspecified atom stereocenters. The number of aryl methyl sites for hydroxylation is 1. The number of thiazole rings is 1. The van der Waals surface area contributed by atoms with Gasteiger partial charge in [-0.1, -0.05) is 18.9 Å². The van der Waals surface area contributed by atoms with E-state index in [1.165, 1.54) is 16.5 Å². The Bertz CT molecular complexity index is 1100. The average Bonchev–Trinajstić information content (AvgIpc) is 3.38. The smallest absolute Gasteiger partial charge is 0.263 e. The molecule has 2 N–H and O–H groups in total. The molecule has 1 aromatic heterocycles. The van der Waals surface area contributed by atoms with Crippen LogP contribution in [0.4, 0.5) is 5.69 Å². The summed E-state index contributed by atoms with van der Waals surface area (Å²) in [7, 11) is 0. The number of benzene rings is 2. The molecule has 146 valence electrons. The first-order valence-electron chi connectivity index (χ1n) is 9.78. The second kappa shape index (κ2) is 8.46. The van der Waals surface area contributed by atoms with Gasteiger partial charge in [0, 0.05) is 23.5 Å². The summed E-state index contributed by atoms with van der Waals surface area (Å²) in [6.45, 7) is 2.08. The van der Waals surface area contributed by atoms with E-state index in [1.54, 1.807) is 11.3 Å². The van der Waals surface area contributed by atoms with Gasteiger partial charge in [-0.2, -0.15) is 5.26 Å². The summed E-state index contributed by atoms with van der Waals surface area (Å²) < 4.78 is 1.18. The van der Waals surface area contributed by atoms with Crippen LogP contribution in [0.2, 0.25) is 0 Å². The lowest BCUT2D eigenvalue weighted by atomic mass is 10.2. The Morgan fingerprint density at radius 1 is 1.21 bits per heavy atom. The molecule has 1 amide bonds. The van der Waals surface area contributed by atoms with Crippen LogP contribution in [0.25, 0.3) is 20.8 Å². The molecule has 1 fully saturated rings. The molecule has 1 heterocycles. The lowest BCUT2D eigenvalue weighted by Crippen LogP contribution is -2.33. The minimum absolute atomic E-state index is 0.0857. The fourth-order valence-corrected chi connectivity index (χ4v) is 4.57. The monoisotopic (exact) mass is 402 g/mol. The van der Waals surface area contributed by atoms with Crippen molar-refractivity contribution in [3.63, 3.8) is 0 Å². The van der Waals surface area contributed by atoms with Gasteiger partial charge in [-0.05, 0) is 61.7 Å². The van der Waals surface area contributed by atoms with Gasteiger partial charge in [0.05, 0.1) is 10.2 Å². The zero-order chi connectivity index (χ0) is 20.2. The summed E-state index contributed by atoms with van der Waals surface area (Å²) in [6.07, 6.45) is 5.72. The van der Waals surface area contributed by atoms with E-state index in [-0.39, 0.29) is 17.5 Å². The highest BCUT2D eigenvalue weighted by Crippen LogP contribution is 2.31. The third-order valence-corrected chi connectivity index (χ3v) is 6.18. The highest BCUT2D eigenvalue weighted by atomic mass is 32.1. The Morgan fingerprint density at radius 2 is 1.97 bits per heavy atom. The molecular weight excluding hydrogens is 380 g/mol. The van der Waals surface area contributed by atoms with Crippen LogP contribution < -0.4 is 10.6 Å². The minimum Gasteiger partial charge on any atom is -0.360 e. The Hall–Kier alpha value is -3.17. The van der Waals surface area contributed by atoms with Gasteiger partial charge in [0.25, 0.3) is 5.91 Å². The Labute approximate surface area is 174 Å². The van der Waals surface area contributed by atoms with E-state index >= 15 is 0 Å². The summed E-state index contributed by atoms with van der Waals surface area (Å²) in [5.74, 6) is -0.312. The summed E-state index contributed by atoms with van der Waals surface area (Å²) in [4.78, 5) is 17.0. The molecule has 0 atom stereocenters. The molecule has 5 nitrogen and oxygen atoms in total. The van der Waals surface area contributed by atoms with Gasteiger partial charge in [0.1, 0.15) is 16.6 Å². The SMILES string of the molecule is Cc1ccc2nc(-c3ccc(N/C=C(/C#N)C(=O)NC4CCCC4)cc3)sc2c1. The van der Waals surface area contributed by atoms with Gasteiger partial charge in [0.15, 0.2) is 0 Å². The highest BCUT2D eigenvalue weighted by molar-refractivity contribution is 7.21. The van der Waals surface area contributed by atoms with Crippen molar-refractivity contribution in [3.8, 4) is 16.6 Å². The van der Waals surface area contributed by atoms with Gasteiger partial charge in [0.2, 0.25) is 0 Å². The number of amides is 1. The maximum Gasteiger partial charge on any atom is 0.263 e. The molecule has 0 saturated heterocycles.